The van der Waals surface area contributed by atoms with Crippen LogP contribution in [-0.2, 0) is 11.3 Å². The van der Waals surface area contributed by atoms with Gasteiger partial charge in [0.1, 0.15) is 5.58 Å². The molecule has 154 valence electrons. The van der Waals surface area contributed by atoms with E-state index in [2.05, 4.69) is 47.4 Å². The predicted molar refractivity (Wildman–Crippen MR) is 127 cm³/mol. The summed E-state index contributed by atoms with van der Waals surface area (Å²) < 4.78 is 9.63. The first-order valence-electron chi connectivity index (χ1n) is 8.95. The Kier molecular flexibility index (Phi) is 6.52. The summed E-state index contributed by atoms with van der Waals surface area (Å²) in [7, 11) is 0. The van der Waals surface area contributed by atoms with Gasteiger partial charge >= 0.3 is 0 Å². The molecule has 0 spiro atoms. The second-order valence-corrected chi connectivity index (χ2v) is 9.43. The molecule has 0 aliphatic heterocycles. The SMILES string of the molecule is CCn1c(SCC(=O)Nc2ccc(Br)c(Cl)c2)nnc1-c1cc2cc(Br)ccc2o1. The van der Waals surface area contributed by atoms with E-state index in [4.69, 9.17) is 16.0 Å². The molecule has 1 N–H and O–H groups in total. The van der Waals surface area contributed by atoms with Crippen LogP contribution >= 0.6 is 55.2 Å². The molecule has 0 aliphatic rings. The number of hydrogen-bond acceptors (Lipinski definition) is 5. The Morgan fingerprint density at radius 2 is 2.03 bits per heavy atom. The van der Waals surface area contributed by atoms with Gasteiger partial charge in [-0.15, -0.1) is 10.2 Å². The molecule has 2 aromatic heterocycles. The van der Waals surface area contributed by atoms with Crippen LogP contribution in [0.4, 0.5) is 5.69 Å². The Morgan fingerprint density at radius 1 is 1.20 bits per heavy atom. The van der Waals surface area contributed by atoms with Crippen molar-refractivity contribution < 1.29 is 9.21 Å². The van der Waals surface area contributed by atoms with Gasteiger partial charge in [-0.2, -0.15) is 0 Å². The number of halogens is 3. The first-order chi connectivity index (χ1) is 14.4. The maximum Gasteiger partial charge on any atom is 0.234 e. The van der Waals surface area contributed by atoms with Gasteiger partial charge in [0.05, 0.1) is 10.8 Å². The molecule has 10 heteroatoms. The van der Waals surface area contributed by atoms with E-state index in [0.717, 1.165) is 19.9 Å². The van der Waals surface area contributed by atoms with Gasteiger partial charge in [0.15, 0.2) is 10.9 Å². The lowest BCUT2D eigenvalue weighted by Crippen LogP contribution is -2.14. The van der Waals surface area contributed by atoms with Crippen LogP contribution in [-0.4, -0.2) is 26.4 Å². The minimum Gasteiger partial charge on any atom is -0.453 e. The molecule has 4 rings (SSSR count). The smallest absolute Gasteiger partial charge is 0.234 e. The van der Waals surface area contributed by atoms with Crippen molar-refractivity contribution in [3.8, 4) is 11.6 Å². The highest BCUT2D eigenvalue weighted by molar-refractivity contribution is 9.10. The van der Waals surface area contributed by atoms with E-state index in [-0.39, 0.29) is 11.7 Å². The van der Waals surface area contributed by atoms with Crippen molar-refractivity contribution in [2.45, 2.75) is 18.6 Å². The number of hydrogen-bond donors (Lipinski definition) is 1. The summed E-state index contributed by atoms with van der Waals surface area (Å²) in [5.74, 6) is 1.31. The van der Waals surface area contributed by atoms with E-state index < -0.39 is 0 Å². The van der Waals surface area contributed by atoms with Crippen molar-refractivity contribution in [2.24, 2.45) is 0 Å². The van der Waals surface area contributed by atoms with Crippen LogP contribution in [0.1, 0.15) is 6.92 Å². The quantitative estimate of drug-likeness (QED) is 0.264. The average Bonchev–Trinajstić information content (AvgIpc) is 3.32. The summed E-state index contributed by atoms with van der Waals surface area (Å²) in [5, 5.41) is 13.5. The van der Waals surface area contributed by atoms with E-state index in [1.54, 1.807) is 18.2 Å². The lowest BCUT2D eigenvalue weighted by atomic mass is 10.2. The fraction of sp³-hybridized carbons (Fsp3) is 0.150. The first-order valence-corrected chi connectivity index (χ1v) is 11.9. The summed E-state index contributed by atoms with van der Waals surface area (Å²) >= 11 is 14.2. The Balaban J connectivity index is 1.49. The van der Waals surface area contributed by atoms with Gasteiger partial charge in [-0.1, -0.05) is 39.3 Å². The van der Waals surface area contributed by atoms with Gasteiger partial charge < -0.3 is 9.73 Å². The fourth-order valence-corrected chi connectivity index (χ4v) is 4.50. The third-order valence-electron chi connectivity index (χ3n) is 4.27. The highest BCUT2D eigenvalue weighted by atomic mass is 79.9. The minimum absolute atomic E-state index is 0.154. The molecule has 0 radical (unpaired) electrons. The van der Waals surface area contributed by atoms with Crippen molar-refractivity contribution in [3.05, 3.63) is 56.4 Å². The van der Waals surface area contributed by atoms with Crippen molar-refractivity contribution in [1.82, 2.24) is 14.8 Å². The largest absolute Gasteiger partial charge is 0.453 e. The van der Waals surface area contributed by atoms with E-state index in [1.165, 1.54) is 11.8 Å². The molecule has 0 fully saturated rings. The molecular weight excluding hydrogens is 556 g/mol. The van der Waals surface area contributed by atoms with Crippen LogP contribution in [0.15, 0.2) is 61.0 Å². The second-order valence-electron chi connectivity index (χ2n) is 6.31. The number of thioether (sulfide) groups is 1. The molecule has 0 atom stereocenters. The zero-order valence-electron chi connectivity index (χ0n) is 15.7. The van der Waals surface area contributed by atoms with Gasteiger partial charge in [0.25, 0.3) is 0 Å². The number of aromatic nitrogens is 3. The second kappa shape index (κ2) is 9.13. The van der Waals surface area contributed by atoms with Crippen LogP contribution in [0.2, 0.25) is 5.02 Å². The van der Waals surface area contributed by atoms with Crippen molar-refractivity contribution in [2.75, 3.05) is 11.1 Å². The van der Waals surface area contributed by atoms with Crippen molar-refractivity contribution >= 4 is 77.8 Å². The summed E-state index contributed by atoms with van der Waals surface area (Å²) in [5.41, 5.74) is 1.42. The highest BCUT2D eigenvalue weighted by Crippen LogP contribution is 2.31. The normalized spacial score (nSPS) is 11.2. The number of benzene rings is 2. The van der Waals surface area contributed by atoms with Crippen LogP contribution in [0, 0.1) is 0 Å². The maximum absolute atomic E-state index is 12.3. The van der Waals surface area contributed by atoms with E-state index >= 15 is 0 Å². The highest BCUT2D eigenvalue weighted by Gasteiger charge is 2.18. The number of nitrogens with zero attached hydrogens (tertiary/aromatic N) is 3. The molecule has 1 amide bonds. The third-order valence-corrected chi connectivity index (χ3v) is 6.96. The summed E-state index contributed by atoms with van der Waals surface area (Å²) in [4.78, 5) is 12.3. The topological polar surface area (TPSA) is 73.0 Å². The average molecular weight is 571 g/mol. The molecule has 0 unspecified atom stereocenters. The number of furan rings is 1. The molecule has 2 heterocycles. The van der Waals surface area contributed by atoms with Crippen LogP contribution in [0.3, 0.4) is 0 Å². The number of carbonyl (C=O) groups excluding carboxylic acids is 1. The lowest BCUT2D eigenvalue weighted by Gasteiger charge is -2.07. The van der Waals surface area contributed by atoms with Crippen molar-refractivity contribution in [1.29, 1.82) is 0 Å². The van der Waals surface area contributed by atoms with Gasteiger partial charge in [0, 0.05) is 26.6 Å². The van der Waals surface area contributed by atoms with E-state index in [9.17, 15) is 4.79 Å². The van der Waals surface area contributed by atoms with Gasteiger partial charge in [-0.3, -0.25) is 9.36 Å². The van der Waals surface area contributed by atoms with E-state index in [0.29, 0.717) is 34.0 Å². The number of rotatable bonds is 6. The molecule has 0 saturated heterocycles. The Morgan fingerprint density at radius 3 is 2.80 bits per heavy atom. The third kappa shape index (κ3) is 4.59. The summed E-state index contributed by atoms with van der Waals surface area (Å²) in [6.45, 7) is 2.65. The number of carbonyl (C=O) groups is 1. The predicted octanol–water partition coefficient (Wildman–Crippen LogP) is 6.62. The Bertz CT molecular complexity index is 1240. The molecule has 0 aliphatic carbocycles. The van der Waals surface area contributed by atoms with Gasteiger partial charge in [-0.05, 0) is 65.3 Å². The minimum atomic E-state index is -0.154. The number of amides is 1. The molecular formula is C20H15Br2ClN4O2S. The molecule has 6 nitrogen and oxygen atoms in total. The summed E-state index contributed by atoms with van der Waals surface area (Å²) in [6, 6.07) is 13.0. The molecule has 0 bridgehead atoms. The lowest BCUT2D eigenvalue weighted by molar-refractivity contribution is -0.113. The Hall–Kier alpha value is -1.81. The van der Waals surface area contributed by atoms with Gasteiger partial charge in [0.2, 0.25) is 11.7 Å². The van der Waals surface area contributed by atoms with Gasteiger partial charge in [-0.25, -0.2) is 0 Å². The van der Waals surface area contributed by atoms with E-state index in [1.807, 2.05) is 35.8 Å². The fourth-order valence-electron chi connectivity index (χ4n) is 2.89. The number of nitrogens with one attached hydrogen (secondary N) is 1. The number of fused-ring (bicyclic) bond motifs is 1. The molecule has 2 aromatic carbocycles. The zero-order chi connectivity index (χ0) is 21.3. The molecule has 30 heavy (non-hydrogen) atoms. The number of anilines is 1. The van der Waals surface area contributed by atoms with Crippen molar-refractivity contribution in [3.63, 3.8) is 0 Å². The Labute approximate surface area is 198 Å². The summed E-state index contributed by atoms with van der Waals surface area (Å²) in [6.07, 6.45) is 0. The first kappa shape index (κ1) is 21.4. The van der Waals surface area contributed by atoms with Crippen LogP contribution in [0.5, 0.6) is 0 Å². The molecule has 4 aromatic rings. The van der Waals surface area contributed by atoms with Crippen LogP contribution in [0.25, 0.3) is 22.6 Å². The standard InChI is InChI=1S/C20H15Br2ClN4O2S/c1-2-27-19(17-8-11-7-12(21)3-6-16(11)29-17)25-26-20(27)30-10-18(28)24-13-4-5-14(22)15(23)9-13/h3-9H,2,10H2,1H3,(H,24,28). The monoisotopic (exact) mass is 568 g/mol. The maximum atomic E-state index is 12.3. The van der Waals surface area contributed by atoms with Crippen LogP contribution < -0.4 is 5.32 Å². The molecule has 0 saturated carbocycles. The zero-order valence-corrected chi connectivity index (χ0v) is 20.4.